The molecule has 0 fully saturated rings. The smallest absolute Gasteiger partial charge is 0.123 e. The summed E-state index contributed by atoms with van der Waals surface area (Å²) in [6.45, 7) is 6.74. The van der Waals surface area contributed by atoms with E-state index in [0.717, 1.165) is 16.6 Å². The number of hydrogen-bond donors (Lipinski definition) is 1. The van der Waals surface area contributed by atoms with Gasteiger partial charge in [0.25, 0.3) is 0 Å². The Morgan fingerprint density at radius 3 is 2.94 bits per heavy atom. The second-order valence-electron chi connectivity index (χ2n) is 5.26. The molecule has 4 heteroatoms. The van der Waals surface area contributed by atoms with Gasteiger partial charge in [-0.2, -0.15) is 5.48 Å². The van der Waals surface area contributed by atoms with Gasteiger partial charge in [0.2, 0.25) is 0 Å². The number of rotatable bonds is 3. The van der Waals surface area contributed by atoms with E-state index in [-0.39, 0.29) is 11.7 Å². The van der Waals surface area contributed by atoms with Gasteiger partial charge in [-0.3, -0.25) is 4.84 Å². The lowest BCUT2D eigenvalue weighted by Gasteiger charge is -2.20. The quantitative estimate of drug-likeness (QED) is 0.870. The van der Waals surface area contributed by atoms with Gasteiger partial charge in [-0.15, -0.1) is 0 Å². The molecular formula is C13H18BrNO2. The van der Waals surface area contributed by atoms with Gasteiger partial charge in [-0.1, -0.05) is 15.9 Å². The summed E-state index contributed by atoms with van der Waals surface area (Å²) in [6.07, 6.45) is 1.08. The first kappa shape index (κ1) is 12.9. The van der Waals surface area contributed by atoms with Crippen LogP contribution in [0, 0.1) is 0 Å². The molecule has 1 aromatic rings. The van der Waals surface area contributed by atoms with Gasteiger partial charge in [0.1, 0.15) is 11.9 Å². The summed E-state index contributed by atoms with van der Waals surface area (Å²) in [5.74, 6) is 0.982. The maximum absolute atomic E-state index is 5.81. The molecule has 0 aromatic heterocycles. The van der Waals surface area contributed by atoms with Gasteiger partial charge >= 0.3 is 0 Å². The molecule has 3 nitrogen and oxygen atoms in total. The third kappa shape index (κ3) is 3.69. The van der Waals surface area contributed by atoms with Gasteiger partial charge < -0.3 is 4.74 Å². The van der Waals surface area contributed by atoms with E-state index in [0.29, 0.717) is 6.54 Å². The zero-order chi connectivity index (χ0) is 12.5. The van der Waals surface area contributed by atoms with Crippen LogP contribution < -0.4 is 10.2 Å². The molecule has 1 atom stereocenters. The van der Waals surface area contributed by atoms with Crippen LogP contribution in [-0.4, -0.2) is 18.2 Å². The van der Waals surface area contributed by atoms with Crippen LogP contribution in [0.3, 0.4) is 0 Å². The van der Waals surface area contributed by atoms with Crippen molar-refractivity contribution in [1.29, 1.82) is 0 Å². The maximum atomic E-state index is 5.81. The molecule has 0 saturated carbocycles. The molecule has 0 aliphatic carbocycles. The highest BCUT2D eigenvalue weighted by Crippen LogP contribution is 2.30. The molecule has 0 saturated heterocycles. The van der Waals surface area contributed by atoms with Crippen molar-refractivity contribution in [2.45, 2.75) is 38.9 Å². The van der Waals surface area contributed by atoms with Crippen molar-refractivity contribution in [2.75, 3.05) is 6.54 Å². The number of fused-ring (bicyclic) bond motifs is 1. The second-order valence-corrected chi connectivity index (χ2v) is 6.17. The maximum Gasteiger partial charge on any atom is 0.123 e. The molecule has 0 bridgehead atoms. The zero-order valence-corrected chi connectivity index (χ0v) is 12.0. The monoisotopic (exact) mass is 299 g/mol. The fourth-order valence-electron chi connectivity index (χ4n) is 1.75. The van der Waals surface area contributed by atoms with E-state index in [2.05, 4.69) is 27.5 Å². The normalized spacial score (nSPS) is 18.9. The molecule has 1 aromatic carbocycles. The molecule has 0 radical (unpaired) electrons. The fraction of sp³-hybridized carbons (Fsp3) is 0.538. The fourth-order valence-corrected chi connectivity index (χ4v) is 2.16. The number of hydroxylamine groups is 1. The number of halogens is 1. The summed E-state index contributed by atoms with van der Waals surface area (Å²) in [6, 6.07) is 6.12. The first-order valence-electron chi connectivity index (χ1n) is 5.80. The molecule has 1 aliphatic heterocycles. The van der Waals surface area contributed by atoms with Crippen molar-refractivity contribution in [1.82, 2.24) is 5.48 Å². The van der Waals surface area contributed by atoms with Crippen LogP contribution in [0.4, 0.5) is 0 Å². The van der Waals surface area contributed by atoms with E-state index in [4.69, 9.17) is 9.57 Å². The third-order valence-corrected chi connectivity index (χ3v) is 2.95. The van der Waals surface area contributed by atoms with E-state index in [1.165, 1.54) is 5.56 Å². The van der Waals surface area contributed by atoms with Crippen LogP contribution in [0.15, 0.2) is 22.7 Å². The van der Waals surface area contributed by atoms with Crippen LogP contribution in [0.2, 0.25) is 0 Å². The van der Waals surface area contributed by atoms with Crippen molar-refractivity contribution >= 4 is 15.9 Å². The lowest BCUT2D eigenvalue weighted by atomic mass is 10.1. The number of benzene rings is 1. The van der Waals surface area contributed by atoms with Gasteiger partial charge in [-0.25, -0.2) is 0 Å². The Labute approximate surface area is 111 Å². The van der Waals surface area contributed by atoms with Crippen LogP contribution >= 0.6 is 15.9 Å². The lowest BCUT2D eigenvalue weighted by molar-refractivity contribution is -0.0801. The van der Waals surface area contributed by atoms with Gasteiger partial charge in [0.15, 0.2) is 0 Å². The van der Waals surface area contributed by atoms with Crippen molar-refractivity contribution in [3.05, 3.63) is 28.2 Å². The average Bonchev–Trinajstić information content (AvgIpc) is 2.57. The molecular weight excluding hydrogens is 282 g/mol. The average molecular weight is 300 g/mol. The van der Waals surface area contributed by atoms with E-state index >= 15 is 0 Å². The van der Waals surface area contributed by atoms with E-state index < -0.39 is 0 Å². The Morgan fingerprint density at radius 1 is 1.47 bits per heavy atom. The molecule has 17 heavy (non-hydrogen) atoms. The lowest BCUT2D eigenvalue weighted by Crippen LogP contribution is -2.36. The standard InChI is InChI=1S/C13H18BrNO2/c1-13(2,3)17-15-8-11-7-9-6-10(14)4-5-12(9)16-11/h4-6,11,15H,7-8H2,1-3H3. The molecule has 1 unspecified atom stereocenters. The first-order valence-corrected chi connectivity index (χ1v) is 6.59. The van der Waals surface area contributed by atoms with Gasteiger partial charge in [-0.05, 0) is 44.5 Å². The predicted molar refractivity (Wildman–Crippen MR) is 71.1 cm³/mol. The van der Waals surface area contributed by atoms with E-state index in [9.17, 15) is 0 Å². The molecule has 1 N–H and O–H groups in total. The highest BCUT2D eigenvalue weighted by molar-refractivity contribution is 9.10. The highest BCUT2D eigenvalue weighted by atomic mass is 79.9. The largest absolute Gasteiger partial charge is 0.488 e. The minimum Gasteiger partial charge on any atom is -0.488 e. The minimum absolute atomic E-state index is 0.154. The Balaban J connectivity index is 1.84. The summed E-state index contributed by atoms with van der Waals surface area (Å²) >= 11 is 3.47. The molecule has 0 amide bonds. The third-order valence-electron chi connectivity index (χ3n) is 2.45. The Morgan fingerprint density at radius 2 is 2.24 bits per heavy atom. The number of nitrogens with one attached hydrogen (secondary N) is 1. The Bertz CT molecular complexity index is 401. The molecule has 1 aliphatic rings. The molecule has 0 spiro atoms. The Hall–Kier alpha value is -0.580. The van der Waals surface area contributed by atoms with Crippen molar-refractivity contribution in [2.24, 2.45) is 0 Å². The number of hydrogen-bond acceptors (Lipinski definition) is 3. The molecule has 1 heterocycles. The first-order chi connectivity index (χ1) is 7.94. The second kappa shape index (κ2) is 4.96. The van der Waals surface area contributed by atoms with Crippen LogP contribution in [0.1, 0.15) is 26.3 Å². The zero-order valence-electron chi connectivity index (χ0n) is 10.4. The Kier molecular flexibility index (Phi) is 3.76. The summed E-state index contributed by atoms with van der Waals surface area (Å²) in [5, 5.41) is 0. The van der Waals surface area contributed by atoms with E-state index in [1.807, 2.05) is 32.9 Å². The highest BCUT2D eigenvalue weighted by Gasteiger charge is 2.23. The summed E-state index contributed by atoms with van der Waals surface area (Å²) in [4.78, 5) is 5.47. The van der Waals surface area contributed by atoms with Crippen molar-refractivity contribution in [3.8, 4) is 5.75 Å². The van der Waals surface area contributed by atoms with Crippen LogP contribution in [0.25, 0.3) is 0 Å². The van der Waals surface area contributed by atoms with E-state index in [1.54, 1.807) is 0 Å². The van der Waals surface area contributed by atoms with Crippen LogP contribution in [-0.2, 0) is 11.3 Å². The van der Waals surface area contributed by atoms with Crippen molar-refractivity contribution in [3.63, 3.8) is 0 Å². The molecule has 2 rings (SSSR count). The minimum atomic E-state index is -0.172. The summed E-state index contributed by atoms with van der Waals surface area (Å²) in [7, 11) is 0. The SMILES string of the molecule is CC(C)(C)ONCC1Cc2cc(Br)ccc2O1. The van der Waals surface area contributed by atoms with Crippen LogP contribution in [0.5, 0.6) is 5.75 Å². The molecule has 94 valence electrons. The number of ether oxygens (including phenoxy) is 1. The van der Waals surface area contributed by atoms with Gasteiger partial charge in [0, 0.05) is 10.9 Å². The predicted octanol–water partition coefficient (Wildman–Crippen LogP) is 3.07. The van der Waals surface area contributed by atoms with Gasteiger partial charge in [0.05, 0.1) is 12.1 Å². The summed E-state index contributed by atoms with van der Waals surface area (Å²) in [5.41, 5.74) is 4.06. The summed E-state index contributed by atoms with van der Waals surface area (Å²) < 4.78 is 6.91. The topological polar surface area (TPSA) is 30.5 Å². The van der Waals surface area contributed by atoms with Crippen molar-refractivity contribution < 1.29 is 9.57 Å².